The fourth-order valence-electron chi connectivity index (χ4n) is 0.890. The van der Waals surface area contributed by atoms with E-state index >= 15 is 0 Å². The Morgan fingerprint density at radius 3 is 1.81 bits per heavy atom. The molecule has 0 radical (unpaired) electrons. The average Bonchev–Trinajstić information content (AvgIpc) is 2.16. The molecule has 0 unspecified atom stereocenters. The van der Waals surface area contributed by atoms with E-state index in [1.165, 1.54) is 6.92 Å². The van der Waals surface area contributed by atoms with Crippen LogP contribution in [0.1, 0.15) is 34.6 Å². The molecule has 0 aromatic heterocycles. The van der Waals surface area contributed by atoms with Crippen LogP contribution in [0.3, 0.4) is 0 Å². The van der Waals surface area contributed by atoms with Crippen LogP contribution in [0.15, 0.2) is 11.3 Å². The van der Waals surface area contributed by atoms with Crippen molar-refractivity contribution < 1.29 is 22.9 Å². The third kappa shape index (κ3) is 4.92. The Kier molecular flexibility index (Phi) is 6.56. The number of ketones is 1. The first-order valence-electron chi connectivity index (χ1n) is 5.13. The molecular formula is C10H19O5P. The second kappa shape index (κ2) is 6.84. The predicted molar refractivity (Wildman–Crippen MR) is 61.0 cm³/mol. The fraction of sp³-hybridized carbons (Fsp3) is 0.700. The van der Waals surface area contributed by atoms with Gasteiger partial charge in [0.1, 0.15) is 5.76 Å². The molecule has 0 bridgehead atoms. The van der Waals surface area contributed by atoms with Gasteiger partial charge in [0.25, 0.3) is 0 Å². The van der Waals surface area contributed by atoms with E-state index in [1.54, 1.807) is 27.7 Å². The number of Topliss-reactive ketones (excluding diaryl/α,β-unsaturated/α-hetero) is 1. The number of carbonyl (C=O) groups is 1. The molecule has 0 heterocycles. The van der Waals surface area contributed by atoms with Gasteiger partial charge in [-0.05, 0) is 34.6 Å². The highest BCUT2D eigenvalue weighted by Gasteiger charge is 2.27. The van der Waals surface area contributed by atoms with Crippen molar-refractivity contribution in [1.29, 1.82) is 0 Å². The quantitative estimate of drug-likeness (QED) is 0.394. The molecule has 0 amide bonds. The van der Waals surface area contributed by atoms with Gasteiger partial charge in [-0.3, -0.25) is 13.8 Å². The van der Waals surface area contributed by atoms with Gasteiger partial charge in [-0.1, -0.05) is 0 Å². The van der Waals surface area contributed by atoms with E-state index in [9.17, 15) is 9.36 Å². The smallest absolute Gasteiger partial charge is 0.408 e. The summed E-state index contributed by atoms with van der Waals surface area (Å²) >= 11 is 0. The van der Waals surface area contributed by atoms with Gasteiger partial charge in [0, 0.05) is 5.57 Å². The largest absolute Gasteiger partial charge is 0.529 e. The van der Waals surface area contributed by atoms with Crippen molar-refractivity contribution in [2.45, 2.75) is 34.6 Å². The Bertz CT molecular complexity index is 311. The SMILES string of the molecule is CCOP(=O)(OCC)O/C(C)=C(/C)C(C)=O. The summed E-state index contributed by atoms with van der Waals surface area (Å²) < 4.78 is 26.9. The molecule has 0 aromatic carbocycles. The summed E-state index contributed by atoms with van der Waals surface area (Å²) in [4.78, 5) is 11.1. The highest BCUT2D eigenvalue weighted by atomic mass is 31.2. The number of rotatable bonds is 7. The minimum absolute atomic E-state index is 0.142. The van der Waals surface area contributed by atoms with Crippen LogP contribution in [0, 0.1) is 0 Å². The van der Waals surface area contributed by atoms with Crippen LogP contribution in [0.4, 0.5) is 0 Å². The van der Waals surface area contributed by atoms with Gasteiger partial charge in [-0.15, -0.1) is 0 Å². The minimum atomic E-state index is -3.58. The first-order chi connectivity index (χ1) is 7.36. The Balaban J connectivity index is 4.83. The second-order valence-corrected chi connectivity index (χ2v) is 4.70. The van der Waals surface area contributed by atoms with Crippen molar-refractivity contribution in [2.24, 2.45) is 0 Å². The van der Waals surface area contributed by atoms with Gasteiger partial charge in [0.05, 0.1) is 13.2 Å². The zero-order valence-electron chi connectivity index (χ0n) is 10.4. The van der Waals surface area contributed by atoms with Gasteiger partial charge in [-0.25, -0.2) is 4.57 Å². The number of allylic oxidation sites excluding steroid dienone is 2. The first-order valence-corrected chi connectivity index (χ1v) is 6.59. The Hall–Kier alpha value is -0.640. The van der Waals surface area contributed by atoms with Crippen LogP contribution in [-0.4, -0.2) is 19.0 Å². The molecule has 16 heavy (non-hydrogen) atoms. The van der Waals surface area contributed by atoms with Crippen molar-refractivity contribution >= 4 is 13.6 Å². The molecule has 0 aliphatic rings. The number of phosphoric ester groups is 1. The number of carbonyl (C=O) groups excluding carboxylic acids is 1. The molecule has 0 saturated heterocycles. The van der Waals surface area contributed by atoms with Gasteiger partial charge in [0.2, 0.25) is 0 Å². The molecule has 94 valence electrons. The molecule has 6 heteroatoms. The summed E-state index contributed by atoms with van der Waals surface area (Å²) in [5, 5.41) is 0. The van der Waals surface area contributed by atoms with Crippen molar-refractivity contribution in [3.8, 4) is 0 Å². The standard InChI is InChI=1S/C10H19O5P/c1-6-13-16(12,14-7-2)15-10(5)8(3)9(4)11/h6-7H2,1-5H3/b10-8-. The molecule has 0 saturated carbocycles. The Morgan fingerprint density at radius 2 is 1.50 bits per heavy atom. The fourth-order valence-corrected chi connectivity index (χ4v) is 2.18. The molecule has 0 aliphatic carbocycles. The summed E-state index contributed by atoms with van der Waals surface area (Å²) in [7, 11) is -3.58. The highest BCUT2D eigenvalue weighted by molar-refractivity contribution is 7.48. The normalized spacial score (nSPS) is 13.3. The van der Waals surface area contributed by atoms with E-state index in [-0.39, 0.29) is 24.8 Å². The van der Waals surface area contributed by atoms with Crippen molar-refractivity contribution in [3.63, 3.8) is 0 Å². The molecule has 0 aromatic rings. The van der Waals surface area contributed by atoms with Crippen LogP contribution >= 0.6 is 7.82 Å². The lowest BCUT2D eigenvalue weighted by Crippen LogP contribution is -2.03. The number of phosphoric acid groups is 1. The van der Waals surface area contributed by atoms with Gasteiger partial charge in [0.15, 0.2) is 5.78 Å². The molecule has 0 fully saturated rings. The van der Waals surface area contributed by atoms with Crippen LogP contribution in [0.2, 0.25) is 0 Å². The highest BCUT2D eigenvalue weighted by Crippen LogP contribution is 2.51. The lowest BCUT2D eigenvalue weighted by molar-refractivity contribution is -0.113. The van der Waals surface area contributed by atoms with Crippen molar-refractivity contribution in [2.75, 3.05) is 13.2 Å². The Morgan fingerprint density at radius 1 is 1.06 bits per heavy atom. The maximum Gasteiger partial charge on any atom is 0.529 e. The maximum absolute atomic E-state index is 11.9. The van der Waals surface area contributed by atoms with E-state index in [2.05, 4.69) is 0 Å². The van der Waals surface area contributed by atoms with Gasteiger partial charge < -0.3 is 4.52 Å². The summed E-state index contributed by atoms with van der Waals surface area (Å²) in [6.07, 6.45) is 0. The number of hydrogen-bond acceptors (Lipinski definition) is 5. The van der Waals surface area contributed by atoms with E-state index in [0.29, 0.717) is 5.57 Å². The van der Waals surface area contributed by atoms with Gasteiger partial charge >= 0.3 is 7.82 Å². The summed E-state index contributed by atoms with van der Waals surface area (Å²) in [5.41, 5.74) is 0.402. The maximum atomic E-state index is 11.9. The molecular weight excluding hydrogens is 231 g/mol. The Labute approximate surface area is 96.4 Å². The van der Waals surface area contributed by atoms with Crippen LogP contribution < -0.4 is 0 Å². The lowest BCUT2D eigenvalue weighted by atomic mass is 10.2. The summed E-state index contributed by atoms with van der Waals surface area (Å²) in [6, 6.07) is 0. The van der Waals surface area contributed by atoms with E-state index in [0.717, 1.165) is 0 Å². The molecule has 5 nitrogen and oxygen atoms in total. The van der Waals surface area contributed by atoms with E-state index in [1.807, 2.05) is 0 Å². The zero-order chi connectivity index (χ0) is 12.8. The average molecular weight is 250 g/mol. The summed E-state index contributed by atoms with van der Waals surface area (Å²) in [6.45, 7) is 8.36. The molecule has 0 N–H and O–H groups in total. The van der Waals surface area contributed by atoms with Gasteiger partial charge in [-0.2, -0.15) is 0 Å². The third-order valence-corrected chi connectivity index (χ3v) is 3.53. The summed E-state index contributed by atoms with van der Waals surface area (Å²) in [5.74, 6) is 0.120. The first kappa shape index (κ1) is 15.4. The molecule has 0 rings (SSSR count). The molecule has 0 aliphatic heterocycles. The lowest BCUT2D eigenvalue weighted by Gasteiger charge is -2.18. The van der Waals surface area contributed by atoms with Crippen molar-refractivity contribution in [3.05, 3.63) is 11.3 Å². The zero-order valence-corrected chi connectivity index (χ0v) is 11.3. The second-order valence-electron chi connectivity index (χ2n) is 3.11. The van der Waals surface area contributed by atoms with Crippen LogP contribution in [-0.2, 0) is 22.9 Å². The minimum Gasteiger partial charge on any atom is -0.408 e. The van der Waals surface area contributed by atoms with Crippen LogP contribution in [0.25, 0.3) is 0 Å². The van der Waals surface area contributed by atoms with E-state index < -0.39 is 7.82 Å². The monoisotopic (exact) mass is 250 g/mol. The predicted octanol–water partition coefficient (Wildman–Crippen LogP) is 3.07. The third-order valence-electron chi connectivity index (χ3n) is 1.88. The number of hydrogen-bond donors (Lipinski definition) is 0. The van der Waals surface area contributed by atoms with E-state index in [4.69, 9.17) is 13.6 Å². The van der Waals surface area contributed by atoms with Crippen molar-refractivity contribution in [1.82, 2.24) is 0 Å². The van der Waals surface area contributed by atoms with Crippen LogP contribution in [0.5, 0.6) is 0 Å². The molecule has 0 atom stereocenters. The topological polar surface area (TPSA) is 61.8 Å². The molecule has 0 spiro atoms.